The molecule has 0 spiro atoms. The Kier molecular flexibility index (Phi) is 3.49. The zero-order valence-electron chi connectivity index (χ0n) is 12.0. The number of fused-ring (bicyclic) bond motifs is 1. The number of carbonyl (C=O) groups excluding carboxylic acids is 1. The fraction of sp³-hybridized carbons (Fsp3) is 0.429. The fourth-order valence-electron chi connectivity index (χ4n) is 2.13. The van der Waals surface area contributed by atoms with Gasteiger partial charge in [0.2, 0.25) is 0 Å². The van der Waals surface area contributed by atoms with Crippen LogP contribution in [0, 0.1) is 0 Å². The number of hydrogen-bond donors (Lipinski definition) is 0. The van der Waals surface area contributed by atoms with Crippen molar-refractivity contribution in [2.24, 2.45) is 0 Å². The minimum absolute atomic E-state index is 0.0716. The maximum absolute atomic E-state index is 11.4. The number of aromatic nitrogens is 2. The van der Waals surface area contributed by atoms with Crippen molar-refractivity contribution in [3.05, 3.63) is 29.5 Å². The number of hydrogen-bond acceptors (Lipinski definition) is 3. The summed E-state index contributed by atoms with van der Waals surface area (Å²) in [5, 5.41) is 5.08. The molecule has 2 rings (SSSR count). The van der Waals surface area contributed by atoms with Crippen molar-refractivity contribution in [2.45, 2.75) is 39.3 Å². The normalized spacial score (nSPS) is 12.1. The van der Waals surface area contributed by atoms with E-state index in [9.17, 15) is 4.79 Å². The molecular weight excluding hydrogens is 256 g/mol. The lowest BCUT2D eigenvalue weighted by atomic mass is 9.83. The van der Waals surface area contributed by atoms with Crippen LogP contribution in [0.3, 0.4) is 0 Å². The third kappa shape index (κ3) is 2.56. The standard InChI is InChI=1S/C14H19N2O2Si/c1-14(2,3)12-6-7-13-10(11(12)9-17)8-15-16(13)18-19(4)5/h6-9H,1-5H3. The van der Waals surface area contributed by atoms with Crippen LogP contribution in [0.4, 0.5) is 0 Å². The van der Waals surface area contributed by atoms with E-state index < -0.39 is 9.04 Å². The second kappa shape index (κ2) is 4.81. The van der Waals surface area contributed by atoms with Crippen LogP contribution in [0.1, 0.15) is 36.7 Å². The van der Waals surface area contributed by atoms with Crippen molar-refractivity contribution >= 4 is 26.2 Å². The predicted molar refractivity (Wildman–Crippen MR) is 77.9 cm³/mol. The molecule has 2 aromatic rings. The Balaban J connectivity index is 2.65. The van der Waals surface area contributed by atoms with Gasteiger partial charge in [0, 0.05) is 10.9 Å². The number of benzene rings is 1. The van der Waals surface area contributed by atoms with Crippen LogP contribution in [-0.4, -0.2) is 25.3 Å². The van der Waals surface area contributed by atoms with E-state index in [0.717, 1.165) is 22.8 Å². The molecule has 19 heavy (non-hydrogen) atoms. The summed E-state index contributed by atoms with van der Waals surface area (Å²) in [6.07, 6.45) is 2.62. The third-order valence-electron chi connectivity index (χ3n) is 2.96. The average molecular weight is 275 g/mol. The molecular formula is C14H19N2O2Si. The number of carbonyl (C=O) groups is 1. The summed E-state index contributed by atoms with van der Waals surface area (Å²) in [6.45, 7) is 10.4. The second-order valence-corrected chi connectivity index (χ2v) is 7.84. The van der Waals surface area contributed by atoms with Crippen molar-refractivity contribution in [2.75, 3.05) is 0 Å². The van der Waals surface area contributed by atoms with Crippen molar-refractivity contribution in [1.82, 2.24) is 9.94 Å². The first kappa shape index (κ1) is 13.8. The monoisotopic (exact) mass is 275 g/mol. The van der Waals surface area contributed by atoms with Gasteiger partial charge < -0.3 is 4.53 Å². The Morgan fingerprint density at radius 3 is 2.53 bits per heavy atom. The predicted octanol–water partition coefficient (Wildman–Crippen LogP) is 2.83. The summed E-state index contributed by atoms with van der Waals surface area (Å²) < 4.78 is 5.68. The Morgan fingerprint density at radius 2 is 2.00 bits per heavy atom. The number of aldehydes is 1. The molecule has 1 radical (unpaired) electrons. The second-order valence-electron chi connectivity index (χ2n) is 5.84. The fourth-order valence-corrected chi connectivity index (χ4v) is 2.62. The molecule has 1 aromatic heterocycles. The Morgan fingerprint density at radius 1 is 1.32 bits per heavy atom. The van der Waals surface area contributed by atoms with Gasteiger partial charge in [-0.1, -0.05) is 26.8 Å². The molecule has 0 aliphatic heterocycles. The molecule has 0 amide bonds. The highest BCUT2D eigenvalue weighted by Crippen LogP contribution is 2.30. The Bertz CT molecular complexity index is 612. The molecule has 0 saturated heterocycles. The van der Waals surface area contributed by atoms with Gasteiger partial charge in [-0.15, -0.1) is 9.94 Å². The first-order chi connectivity index (χ1) is 8.84. The van der Waals surface area contributed by atoms with Gasteiger partial charge in [-0.05, 0) is 30.1 Å². The average Bonchev–Trinajstić information content (AvgIpc) is 2.69. The van der Waals surface area contributed by atoms with Crippen molar-refractivity contribution in [1.29, 1.82) is 0 Å². The molecule has 5 heteroatoms. The minimum Gasteiger partial charge on any atom is -0.455 e. The van der Waals surface area contributed by atoms with Crippen LogP contribution < -0.4 is 4.53 Å². The molecule has 1 heterocycles. The van der Waals surface area contributed by atoms with Gasteiger partial charge in [-0.25, -0.2) is 0 Å². The van der Waals surface area contributed by atoms with Gasteiger partial charge in [-0.3, -0.25) is 4.79 Å². The van der Waals surface area contributed by atoms with E-state index in [1.807, 2.05) is 25.2 Å². The topological polar surface area (TPSA) is 44.1 Å². The summed E-state index contributed by atoms with van der Waals surface area (Å²) >= 11 is 0. The van der Waals surface area contributed by atoms with Crippen molar-refractivity contribution < 1.29 is 9.32 Å². The van der Waals surface area contributed by atoms with Crippen LogP contribution in [0.25, 0.3) is 10.9 Å². The lowest BCUT2D eigenvalue weighted by Gasteiger charge is -2.21. The van der Waals surface area contributed by atoms with Gasteiger partial charge in [-0.2, -0.15) is 0 Å². The molecule has 0 fully saturated rings. The number of nitrogens with zero attached hydrogens (tertiary/aromatic N) is 2. The first-order valence-electron chi connectivity index (χ1n) is 6.29. The summed E-state index contributed by atoms with van der Waals surface area (Å²) in [5.74, 6) is 0. The number of rotatable bonds is 3. The van der Waals surface area contributed by atoms with E-state index in [2.05, 4.69) is 25.9 Å². The van der Waals surface area contributed by atoms with E-state index >= 15 is 0 Å². The molecule has 101 valence electrons. The van der Waals surface area contributed by atoms with E-state index in [0.29, 0.717) is 5.56 Å². The quantitative estimate of drug-likeness (QED) is 0.639. The lowest BCUT2D eigenvalue weighted by Crippen LogP contribution is -2.23. The van der Waals surface area contributed by atoms with Crippen LogP contribution in [0.15, 0.2) is 18.3 Å². The molecule has 0 aliphatic carbocycles. The zero-order chi connectivity index (χ0) is 14.2. The highest BCUT2D eigenvalue weighted by Gasteiger charge is 2.21. The maximum atomic E-state index is 11.4. The first-order valence-corrected chi connectivity index (χ1v) is 8.70. The lowest BCUT2D eigenvalue weighted by molar-refractivity contribution is 0.112. The van der Waals surface area contributed by atoms with Gasteiger partial charge in [0.15, 0.2) is 6.29 Å². The smallest absolute Gasteiger partial charge is 0.313 e. The molecule has 0 aliphatic rings. The molecule has 1 aromatic carbocycles. The van der Waals surface area contributed by atoms with E-state index in [4.69, 9.17) is 4.53 Å². The van der Waals surface area contributed by atoms with Gasteiger partial charge >= 0.3 is 9.04 Å². The van der Waals surface area contributed by atoms with Crippen molar-refractivity contribution in [3.8, 4) is 0 Å². The highest BCUT2D eigenvalue weighted by molar-refractivity contribution is 6.48. The van der Waals surface area contributed by atoms with Crippen molar-refractivity contribution in [3.63, 3.8) is 0 Å². The highest BCUT2D eigenvalue weighted by atomic mass is 28.3. The van der Waals surface area contributed by atoms with E-state index in [1.165, 1.54) is 4.85 Å². The molecule has 4 nitrogen and oxygen atoms in total. The van der Waals surface area contributed by atoms with Gasteiger partial charge in [0.05, 0.1) is 6.20 Å². The summed E-state index contributed by atoms with van der Waals surface area (Å²) in [6, 6.07) is 3.96. The van der Waals surface area contributed by atoms with Crippen LogP contribution in [0.2, 0.25) is 13.1 Å². The van der Waals surface area contributed by atoms with Crippen LogP contribution in [-0.2, 0) is 5.41 Å². The molecule has 0 unspecified atom stereocenters. The van der Waals surface area contributed by atoms with Crippen LogP contribution >= 0.6 is 0 Å². The third-order valence-corrected chi connectivity index (χ3v) is 3.49. The van der Waals surface area contributed by atoms with E-state index in [-0.39, 0.29) is 5.41 Å². The molecule has 0 bridgehead atoms. The van der Waals surface area contributed by atoms with Crippen LogP contribution in [0.5, 0.6) is 0 Å². The van der Waals surface area contributed by atoms with E-state index in [1.54, 1.807) is 6.20 Å². The maximum Gasteiger partial charge on any atom is 0.313 e. The molecule has 0 N–H and O–H groups in total. The minimum atomic E-state index is -0.893. The zero-order valence-corrected chi connectivity index (χ0v) is 13.0. The Labute approximate surface area is 115 Å². The molecule has 0 atom stereocenters. The summed E-state index contributed by atoms with van der Waals surface area (Å²) in [5.41, 5.74) is 2.52. The Hall–Kier alpha value is -1.62. The largest absolute Gasteiger partial charge is 0.455 e. The SMILES string of the molecule is C[Si](C)On1ncc2c(C=O)c(C(C)(C)C)ccc21. The summed E-state index contributed by atoms with van der Waals surface area (Å²) in [4.78, 5) is 13.0. The van der Waals surface area contributed by atoms with Gasteiger partial charge in [0.25, 0.3) is 0 Å². The molecule has 0 saturated carbocycles. The van der Waals surface area contributed by atoms with Gasteiger partial charge in [0.1, 0.15) is 5.52 Å². The summed E-state index contributed by atoms with van der Waals surface area (Å²) in [7, 11) is -0.893.